The number of thioether (sulfide) groups is 1. The standard InChI is InChI=1S/C10H17NO2S/c12-10(13)8-6-14-9(11-8)7-4-2-1-3-5-7/h7-9,11H,1-6H2,(H,12,13)/t8-,9?/m1/s1. The SMILES string of the molecule is O=C(O)[C@H]1CSC(C2CCCCC2)N1. The summed E-state index contributed by atoms with van der Waals surface area (Å²) in [4.78, 5) is 10.8. The summed E-state index contributed by atoms with van der Waals surface area (Å²) in [5.41, 5.74) is 0. The Hall–Kier alpha value is -0.220. The molecule has 0 spiro atoms. The minimum absolute atomic E-state index is 0.313. The molecule has 0 aromatic rings. The third kappa shape index (κ3) is 2.23. The van der Waals surface area contributed by atoms with Crippen molar-refractivity contribution in [2.45, 2.75) is 43.5 Å². The predicted molar refractivity (Wildman–Crippen MR) is 57.4 cm³/mol. The van der Waals surface area contributed by atoms with E-state index < -0.39 is 5.97 Å². The first-order valence-corrected chi connectivity index (χ1v) is 6.42. The molecule has 3 nitrogen and oxygen atoms in total. The van der Waals surface area contributed by atoms with Crippen molar-refractivity contribution in [2.24, 2.45) is 5.92 Å². The van der Waals surface area contributed by atoms with E-state index in [1.165, 1.54) is 32.1 Å². The molecule has 1 heterocycles. The summed E-state index contributed by atoms with van der Waals surface area (Å²) < 4.78 is 0. The van der Waals surface area contributed by atoms with Crippen molar-refractivity contribution in [3.63, 3.8) is 0 Å². The monoisotopic (exact) mass is 215 g/mol. The van der Waals surface area contributed by atoms with Crippen LogP contribution in [0.2, 0.25) is 0 Å². The molecule has 0 aromatic carbocycles. The Morgan fingerprint density at radius 1 is 1.29 bits per heavy atom. The molecular weight excluding hydrogens is 198 g/mol. The van der Waals surface area contributed by atoms with E-state index >= 15 is 0 Å². The van der Waals surface area contributed by atoms with Gasteiger partial charge in [-0.05, 0) is 18.8 Å². The molecule has 1 saturated carbocycles. The van der Waals surface area contributed by atoms with Crippen molar-refractivity contribution in [1.82, 2.24) is 5.32 Å². The summed E-state index contributed by atoms with van der Waals surface area (Å²) in [5, 5.41) is 12.5. The summed E-state index contributed by atoms with van der Waals surface area (Å²) in [6.07, 6.45) is 6.55. The molecule has 1 unspecified atom stereocenters. The number of rotatable bonds is 2. The molecule has 2 atom stereocenters. The van der Waals surface area contributed by atoms with Gasteiger partial charge < -0.3 is 5.11 Å². The van der Waals surface area contributed by atoms with Gasteiger partial charge in [-0.1, -0.05) is 19.3 Å². The van der Waals surface area contributed by atoms with Gasteiger partial charge in [0.05, 0.1) is 5.37 Å². The molecule has 1 saturated heterocycles. The average Bonchev–Trinajstić information content (AvgIpc) is 2.68. The molecular formula is C10H17NO2S. The zero-order valence-electron chi connectivity index (χ0n) is 8.24. The smallest absolute Gasteiger partial charge is 0.321 e. The van der Waals surface area contributed by atoms with Crippen LogP contribution in [-0.2, 0) is 4.79 Å². The van der Waals surface area contributed by atoms with E-state index in [0.717, 1.165) is 5.75 Å². The van der Waals surface area contributed by atoms with Crippen LogP contribution in [0.3, 0.4) is 0 Å². The van der Waals surface area contributed by atoms with E-state index in [0.29, 0.717) is 11.3 Å². The zero-order valence-corrected chi connectivity index (χ0v) is 9.05. The van der Waals surface area contributed by atoms with Gasteiger partial charge in [0.15, 0.2) is 0 Å². The van der Waals surface area contributed by atoms with Gasteiger partial charge in [-0.25, -0.2) is 0 Å². The second kappa shape index (κ2) is 4.53. The zero-order chi connectivity index (χ0) is 9.97. The van der Waals surface area contributed by atoms with Gasteiger partial charge in [0.25, 0.3) is 0 Å². The van der Waals surface area contributed by atoms with E-state index in [-0.39, 0.29) is 6.04 Å². The highest BCUT2D eigenvalue weighted by molar-refractivity contribution is 8.00. The van der Waals surface area contributed by atoms with Crippen LogP contribution in [0.4, 0.5) is 0 Å². The fourth-order valence-corrected chi connectivity index (χ4v) is 3.79. The Morgan fingerprint density at radius 3 is 2.57 bits per heavy atom. The normalized spacial score (nSPS) is 34.6. The summed E-state index contributed by atoms with van der Waals surface area (Å²) in [6, 6.07) is -0.313. The Balaban J connectivity index is 1.85. The lowest BCUT2D eigenvalue weighted by Gasteiger charge is -2.26. The maximum atomic E-state index is 10.8. The molecule has 0 radical (unpaired) electrons. The number of hydrogen-bond acceptors (Lipinski definition) is 3. The second-order valence-corrected chi connectivity index (χ2v) is 5.38. The summed E-state index contributed by atoms with van der Waals surface area (Å²) >= 11 is 1.79. The van der Waals surface area contributed by atoms with E-state index in [4.69, 9.17) is 5.11 Å². The van der Waals surface area contributed by atoms with Crippen molar-refractivity contribution in [1.29, 1.82) is 0 Å². The first-order valence-electron chi connectivity index (χ1n) is 5.38. The minimum Gasteiger partial charge on any atom is -0.480 e. The van der Waals surface area contributed by atoms with E-state index in [1.54, 1.807) is 11.8 Å². The molecule has 1 aliphatic heterocycles. The lowest BCUT2D eigenvalue weighted by molar-refractivity contribution is -0.138. The fourth-order valence-electron chi connectivity index (χ4n) is 2.35. The quantitative estimate of drug-likeness (QED) is 0.736. The number of carboxylic acid groups (broad SMARTS) is 1. The lowest BCUT2D eigenvalue weighted by Crippen LogP contribution is -2.39. The second-order valence-electron chi connectivity index (χ2n) is 4.21. The molecule has 0 amide bonds. The highest BCUT2D eigenvalue weighted by Gasteiger charge is 2.34. The van der Waals surface area contributed by atoms with Crippen LogP contribution < -0.4 is 5.32 Å². The summed E-state index contributed by atoms with van der Waals surface area (Å²) in [7, 11) is 0. The van der Waals surface area contributed by atoms with Gasteiger partial charge in [-0.15, -0.1) is 11.8 Å². The Kier molecular flexibility index (Phi) is 3.34. The molecule has 4 heteroatoms. The molecule has 1 aliphatic carbocycles. The van der Waals surface area contributed by atoms with Crippen LogP contribution in [0, 0.1) is 5.92 Å². The fraction of sp³-hybridized carbons (Fsp3) is 0.900. The van der Waals surface area contributed by atoms with Crippen molar-refractivity contribution in [3.8, 4) is 0 Å². The molecule has 2 fully saturated rings. The van der Waals surface area contributed by atoms with Gasteiger partial charge in [-0.2, -0.15) is 0 Å². The minimum atomic E-state index is -0.698. The largest absolute Gasteiger partial charge is 0.480 e. The van der Waals surface area contributed by atoms with Crippen LogP contribution in [0.1, 0.15) is 32.1 Å². The van der Waals surface area contributed by atoms with E-state index in [2.05, 4.69) is 5.32 Å². The topological polar surface area (TPSA) is 49.3 Å². The number of carboxylic acids is 1. The highest BCUT2D eigenvalue weighted by atomic mass is 32.2. The average molecular weight is 215 g/mol. The Labute approximate surface area is 88.6 Å². The first kappa shape index (κ1) is 10.3. The van der Waals surface area contributed by atoms with Crippen LogP contribution in [0.15, 0.2) is 0 Å². The molecule has 2 rings (SSSR count). The van der Waals surface area contributed by atoms with Gasteiger partial charge in [0.2, 0.25) is 0 Å². The summed E-state index contributed by atoms with van der Waals surface area (Å²) in [5.74, 6) is 0.741. The maximum absolute atomic E-state index is 10.8. The molecule has 80 valence electrons. The number of carbonyl (C=O) groups is 1. The van der Waals surface area contributed by atoms with Gasteiger partial charge in [0, 0.05) is 5.75 Å². The van der Waals surface area contributed by atoms with Crippen LogP contribution in [-0.4, -0.2) is 28.2 Å². The number of aliphatic carboxylic acids is 1. The molecule has 0 aromatic heterocycles. The van der Waals surface area contributed by atoms with Gasteiger partial charge in [-0.3, -0.25) is 10.1 Å². The van der Waals surface area contributed by atoms with Crippen molar-refractivity contribution < 1.29 is 9.90 Å². The maximum Gasteiger partial charge on any atom is 0.321 e. The highest BCUT2D eigenvalue weighted by Crippen LogP contribution is 2.34. The predicted octanol–water partition coefficient (Wildman–Crippen LogP) is 1.68. The van der Waals surface area contributed by atoms with Crippen molar-refractivity contribution >= 4 is 17.7 Å². The summed E-state index contributed by atoms with van der Waals surface area (Å²) in [6.45, 7) is 0. The number of nitrogens with one attached hydrogen (secondary N) is 1. The van der Waals surface area contributed by atoms with Gasteiger partial charge in [0.1, 0.15) is 6.04 Å². The van der Waals surface area contributed by atoms with Crippen LogP contribution in [0.25, 0.3) is 0 Å². The Morgan fingerprint density at radius 2 is 2.00 bits per heavy atom. The molecule has 14 heavy (non-hydrogen) atoms. The van der Waals surface area contributed by atoms with Crippen molar-refractivity contribution in [3.05, 3.63) is 0 Å². The van der Waals surface area contributed by atoms with E-state index in [9.17, 15) is 4.79 Å². The third-order valence-electron chi connectivity index (χ3n) is 3.18. The molecule has 2 aliphatic rings. The lowest BCUT2D eigenvalue weighted by atomic mass is 9.89. The van der Waals surface area contributed by atoms with Crippen LogP contribution >= 0.6 is 11.8 Å². The number of hydrogen-bond donors (Lipinski definition) is 2. The Bertz CT molecular complexity index is 216. The van der Waals surface area contributed by atoms with Gasteiger partial charge >= 0.3 is 5.97 Å². The molecule has 0 bridgehead atoms. The van der Waals surface area contributed by atoms with E-state index in [1.807, 2.05) is 0 Å². The first-order chi connectivity index (χ1) is 6.77. The molecule has 2 N–H and O–H groups in total. The third-order valence-corrected chi connectivity index (χ3v) is 4.59. The van der Waals surface area contributed by atoms with Crippen LogP contribution in [0.5, 0.6) is 0 Å². The van der Waals surface area contributed by atoms with Crippen molar-refractivity contribution in [2.75, 3.05) is 5.75 Å².